The first kappa shape index (κ1) is 12.9. The molecule has 16 heavy (non-hydrogen) atoms. The lowest BCUT2D eigenvalue weighted by atomic mass is 10.0. The monoisotopic (exact) mass is 231 g/mol. The highest BCUT2D eigenvalue weighted by Crippen LogP contribution is 2.16. The maximum absolute atomic E-state index is 11.9. The predicted octanol–water partition coefficient (Wildman–Crippen LogP) is 1.40. The number of rotatable bonds is 6. The van der Waals surface area contributed by atoms with Gasteiger partial charge in [0.2, 0.25) is 0 Å². The lowest BCUT2D eigenvalue weighted by Gasteiger charge is -2.11. The zero-order chi connectivity index (χ0) is 12.0. The SMILES string of the molecule is NCC(CO)Cc1ccc(OC(F)F)cc1. The number of hydrogen-bond acceptors (Lipinski definition) is 3. The molecule has 90 valence electrons. The topological polar surface area (TPSA) is 55.5 Å². The standard InChI is InChI=1S/C11H15F2NO2/c12-11(13)16-10-3-1-8(2-4-10)5-9(6-14)7-15/h1-4,9,11,15H,5-7,14H2. The number of halogens is 2. The van der Waals surface area contributed by atoms with Gasteiger partial charge in [-0.15, -0.1) is 0 Å². The highest BCUT2D eigenvalue weighted by molar-refractivity contribution is 5.27. The summed E-state index contributed by atoms with van der Waals surface area (Å²) in [6.45, 7) is -2.39. The van der Waals surface area contributed by atoms with E-state index in [0.29, 0.717) is 13.0 Å². The van der Waals surface area contributed by atoms with Crippen LogP contribution in [0.2, 0.25) is 0 Å². The van der Waals surface area contributed by atoms with Crippen LogP contribution in [-0.4, -0.2) is 24.9 Å². The van der Waals surface area contributed by atoms with Crippen molar-refractivity contribution in [3.8, 4) is 5.75 Å². The molecule has 0 aliphatic heterocycles. The second-order valence-corrected chi connectivity index (χ2v) is 3.51. The Hall–Kier alpha value is -1.20. The van der Waals surface area contributed by atoms with Crippen LogP contribution in [0.5, 0.6) is 5.75 Å². The average Bonchev–Trinajstić information content (AvgIpc) is 2.27. The van der Waals surface area contributed by atoms with E-state index >= 15 is 0 Å². The summed E-state index contributed by atoms with van der Waals surface area (Å²) in [5, 5.41) is 8.96. The molecule has 0 spiro atoms. The van der Waals surface area contributed by atoms with E-state index in [1.807, 2.05) is 0 Å². The maximum Gasteiger partial charge on any atom is 0.387 e. The largest absolute Gasteiger partial charge is 0.435 e. The van der Waals surface area contributed by atoms with Crippen molar-refractivity contribution in [2.24, 2.45) is 11.7 Å². The summed E-state index contributed by atoms with van der Waals surface area (Å²) in [5.74, 6) is 0.133. The Balaban J connectivity index is 2.57. The molecule has 0 aromatic heterocycles. The van der Waals surface area contributed by atoms with E-state index in [9.17, 15) is 8.78 Å². The van der Waals surface area contributed by atoms with Crippen molar-refractivity contribution in [1.29, 1.82) is 0 Å². The van der Waals surface area contributed by atoms with E-state index in [1.54, 1.807) is 12.1 Å². The Bertz CT molecular complexity index is 299. The van der Waals surface area contributed by atoms with Gasteiger partial charge in [-0.05, 0) is 36.6 Å². The molecule has 0 radical (unpaired) electrons. The van der Waals surface area contributed by atoms with Crippen molar-refractivity contribution < 1.29 is 18.6 Å². The maximum atomic E-state index is 11.9. The fraction of sp³-hybridized carbons (Fsp3) is 0.455. The summed E-state index contributed by atoms with van der Waals surface area (Å²) in [6, 6.07) is 6.34. The van der Waals surface area contributed by atoms with Gasteiger partial charge in [0, 0.05) is 6.61 Å². The van der Waals surface area contributed by atoms with E-state index in [-0.39, 0.29) is 18.3 Å². The Labute approximate surface area is 92.8 Å². The van der Waals surface area contributed by atoms with E-state index in [0.717, 1.165) is 5.56 Å². The van der Waals surface area contributed by atoms with Gasteiger partial charge in [0.15, 0.2) is 0 Å². The van der Waals surface area contributed by atoms with Crippen LogP contribution in [0.4, 0.5) is 8.78 Å². The minimum atomic E-state index is -2.81. The van der Waals surface area contributed by atoms with Crippen LogP contribution in [0.1, 0.15) is 5.56 Å². The molecule has 5 heteroatoms. The molecule has 0 saturated carbocycles. The first-order valence-electron chi connectivity index (χ1n) is 5.00. The summed E-state index contributed by atoms with van der Waals surface area (Å²) in [7, 11) is 0. The minimum absolute atomic E-state index is 0.00173. The molecule has 1 unspecified atom stereocenters. The Morgan fingerprint density at radius 2 is 1.88 bits per heavy atom. The zero-order valence-corrected chi connectivity index (χ0v) is 8.77. The number of aliphatic hydroxyl groups is 1. The van der Waals surface area contributed by atoms with Crippen molar-refractivity contribution in [3.63, 3.8) is 0 Å². The van der Waals surface area contributed by atoms with Crippen LogP contribution < -0.4 is 10.5 Å². The third-order valence-electron chi connectivity index (χ3n) is 2.26. The molecule has 3 N–H and O–H groups in total. The Morgan fingerprint density at radius 1 is 1.25 bits per heavy atom. The minimum Gasteiger partial charge on any atom is -0.435 e. The molecule has 3 nitrogen and oxygen atoms in total. The molecule has 0 aliphatic carbocycles. The van der Waals surface area contributed by atoms with Crippen molar-refractivity contribution in [1.82, 2.24) is 0 Å². The van der Waals surface area contributed by atoms with Gasteiger partial charge in [0.1, 0.15) is 5.75 Å². The van der Waals surface area contributed by atoms with Gasteiger partial charge in [-0.3, -0.25) is 0 Å². The quantitative estimate of drug-likeness (QED) is 0.778. The number of alkyl halides is 2. The molecule has 0 saturated heterocycles. The zero-order valence-electron chi connectivity index (χ0n) is 8.77. The van der Waals surface area contributed by atoms with Crippen molar-refractivity contribution >= 4 is 0 Å². The highest BCUT2D eigenvalue weighted by atomic mass is 19.3. The van der Waals surface area contributed by atoms with E-state index in [2.05, 4.69) is 4.74 Å². The molecule has 1 atom stereocenters. The van der Waals surface area contributed by atoms with Gasteiger partial charge in [-0.2, -0.15) is 8.78 Å². The van der Waals surface area contributed by atoms with E-state index in [4.69, 9.17) is 10.8 Å². The van der Waals surface area contributed by atoms with Gasteiger partial charge in [-0.1, -0.05) is 12.1 Å². The fourth-order valence-electron chi connectivity index (χ4n) is 1.36. The predicted molar refractivity (Wildman–Crippen MR) is 56.4 cm³/mol. The first-order chi connectivity index (χ1) is 7.65. The molecular weight excluding hydrogens is 216 g/mol. The molecule has 1 aromatic carbocycles. The van der Waals surface area contributed by atoms with Crippen LogP contribution in [0.3, 0.4) is 0 Å². The summed E-state index contributed by atoms with van der Waals surface area (Å²) in [5.41, 5.74) is 6.38. The van der Waals surface area contributed by atoms with Crippen LogP contribution in [0.15, 0.2) is 24.3 Å². The van der Waals surface area contributed by atoms with Crippen molar-refractivity contribution in [2.75, 3.05) is 13.2 Å². The third kappa shape index (κ3) is 4.12. The average molecular weight is 231 g/mol. The second-order valence-electron chi connectivity index (χ2n) is 3.51. The number of hydrogen-bond donors (Lipinski definition) is 2. The molecule has 1 rings (SSSR count). The van der Waals surface area contributed by atoms with Crippen LogP contribution >= 0.6 is 0 Å². The Kier molecular flexibility index (Phi) is 5.14. The van der Waals surface area contributed by atoms with Crippen molar-refractivity contribution in [3.05, 3.63) is 29.8 Å². The van der Waals surface area contributed by atoms with Crippen LogP contribution in [0, 0.1) is 5.92 Å². The van der Waals surface area contributed by atoms with Crippen LogP contribution in [0.25, 0.3) is 0 Å². The lowest BCUT2D eigenvalue weighted by Crippen LogP contribution is -2.20. The molecule has 1 aromatic rings. The van der Waals surface area contributed by atoms with Crippen LogP contribution in [-0.2, 0) is 6.42 Å². The highest BCUT2D eigenvalue weighted by Gasteiger charge is 2.07. The number of benzene rings is 1. The first-order valence-corrected chi connectivity index (χ1v) is 5.00. The molecule has 0 heterocycles. The smallest absolute Gasteiger partial charge is 0.387 e. The second kappa shape index (κ2) is 6.40. The lowest BCUT2D eigenvalue weighted by molar-refractivity contribution is -0.0498. The van der Waals surface area contributed by atoms with E-state index in [1.165, 1.54) is 12.1 Å². The van der Waals surface area contributed by atoms with Gasteiger partial charge >= 0.3 is 6.61 Å². The normalized spacial score (nSPS) is 12.8. The van der Waals surface area contributed by atoms with Gasteiger partial charge in [0.05, 0.1) is 0 Å². The fourth-order valence-corrected chi connectivity index (χ4v) is 1.36. The molecule has 0 amide bonds. The van der Waals surface area contributed by atoms with Gasteiger partial charge in [-0.25, -0.2) is 0 Å². The summed E-state index contributed by atoms with van der Waals surface area (Å²) < 4.78 is 28.0. The molecule has 0 fully saturated rings. The van der Waals surface area contributed by atoms with Gasteiger partial charge in [0.25, 0.3) is 0 Å². The molecular formula is C11H15F2NO2. The van der Waals surface area contributed by atoms with Crippen molar-refractivity contribution in [2.45, 2.75) is 13.0 Å². The van der Waals surface area contributed by atoms with Gasteiger partial charge < -0.3 is 15.6 Å². The molecule has 0 aliphatic rings. The number of aliphatic hydroxyl groups excluding tert-OH is 1. The Morgan fingerprint density at radius 3 is 2.31 bits per heavy atom. The summed E-state index contributed by atoms with van der Waals surface area (Å²) in [4.78, 5) is 0. The third-order valence-corrected chi connectivity index (χ3v) is 2.26. The summed E-state index contributed by atoms with van der Waals surface area (Å²) in [6.07, 6.45) is 0.627. The summed E-state index contributed by atoms with van der Waals surface area (Å²) >= 11 is 0. The van der Waals surface area contributed by atoms with E-state index < -0.39 is 6.61 Å². The number of nitrogens with two attached hydrogens (primary N) is 1. The number of ether oxygens (including phenoxy) is 1. The molecule has 0 bridgehead atoms.